The summed E-state index contributed by atoms with van der Waals surface area (Å²) in [6.45, 7) is 0. The second-order valence-electron chi connectivity index (χ2n) is 4.62. The molecule has 5 heteroatoms. The fourth-order valence-corrected chi connectivity index (χ4v) is 2.47. The number of nitrogens with two attached hydrogens (primary N) is 1. The molecular formula is C14H15BrN4. The number of nitrogens with one attached hydrogen (secondary N) is 2. The van der Waals surface area contributed by atoms with Gasteiger partial charge in [0.2, 0.25) is 5.96 Å². The standard InChI is InChI=1S/C14H15BrN4/c15-12-7-8-13(11-4-2-1-3-10(11)12)18-14(19-16)17-9-5-6-9/h1-4,7-9H,5-6,16H2,(H2,17,18,19). The van der Waals surface area contributed by atoms with E-state index in [9.17, 15) is 0 Å². The first-order valence-corrected chi connectivity index (χ1v) is 7.06. The molecule has 0 aromatic heterocycles. The third kappa shape index (κ3) is 2.72. The van der Waals surface area contributed by atoms with E-state index in [1.807, 2.05) is 24.3 Å². The van der Waals surface area contributed by atoms with Gasteiger partial charge in [-0.05, 0) is 30.4 Å². The third-order valence-electron chi connectivity index (χ3n) is 3.12. The summed E-state index contributed by atoms with van der Waals surface area (Å²) < 4.78 is 1.08. The second-order valence-corrected chi connectivity index (χ2v) is 5.47. The summed E-state index contributed by atoms with van der Waals surface area (Å²) in [5, 5.41) is 5.56. The van der Waals surface area contributed by atoms with Crippen molar-refractivity contribution in [3.63, 3.8) is 0 Å². The van der Waals surface area contributed by atoms with Crippen molar-refractivity contribution in [1.29, 1.82) is 0 Å². The maximum Gasteiger partial charge on any atom is 0.210 e. The van der Waals surface area contributed by atoms with Crippen molar-refractivity contribution in [1.82, 2.24) is 5.43 Å². The lowest BCUT2D eigenvalue weighted by Gasteiger charge is -2.12. The molecule has 0 heterocycles. The molecule has 0 unspecified atom stereocenters. The fourth-order valence-electron chi connectivity index (χ4n) is 1.99. The van der Waals surface area contributed by atoms with Crippen LogP contribution >= 0.6 is 15.9 Å². The number of nitrogens with zero attached hydrogens (tertiary/aromatic N) is 1. The summed E-state index contributed by atoms with van der Waals surface area (Å²) >= 11 is 3.57. The van der Waals surface area contributed by atoms with Crippen LogP contribution in [0.1, 0.15) is 12.8 Å². The first-order chi connectivity index (χ1) is 9.28. The molecule has 0 atom stereocenters. The van der Waals surface area contributed by atoms with E-state index in [1.54, 1.807) is 0 Å². The maximum atomic E-state index is 5.52. The second kappa shape index (κ2) is 5.19. The van der Waals surface area contributed by atoms with Gasteiger partial charge in [-0.15, -0.1) is 0 Å². The SMILES string of the molecule is NNC(=NC1CC1)Nc1ccc(Br)c2ccccc12. The van der Waals surface area contributed by atoms with Crippen LogP contribution in [-0.2, 0) is 0 Å². The van der Waals surface area contributed by atoms with Crippen LogP contribution in [0.4, 0.5) is 5.69 Å². The fraction of sp³-hybridized carbons (Fsp3) is 0.214. The zero-order valence-electron chi connectivity index (χ0n) is 10.4. The smallest absolute Gasteiger partial charge is 0.210 e. The monoisotopic (exact) mass is 318 g/mol. The first-order valence-electron chi connectivity index (χ1n) is 6.26. The summed E-state index contributed by atoms with van der Waals surface area (Å²) in [4.78, 5) is 4.49. The Bertz CT molecular complexity index is 634. The van der Waals surface area contributed by atoms with Gasteiger partial charge in [0.25, 0.3) is 0 Å². The molecule has 2 aromatic rings. The number of fused-ring (bicyclic) bond motifs is 1. The molecule has 19 heavy (non-hydrogen) atoms. The molecule has 1 aliphatic rings. The number of hydrogen-bond donors (Lipinski definition) is 3. The molecule has 0 saturated heterocycles. The quantitative estimate of drug-likeness (QED) is 0.345. The highest BCUT2D eigenvalue weighted by Crippen LogP contribution is 2.30. The Morgan fingerprint density at radius 2 is 1.89 bits per heavy atom. The van der Waals surface area contributed by atoms with Crippen molar-refractivity contribution < 1.29 is 0 Å². The summed E-state index contributed by atoms with van der Waals surface area (Å²) in [6.07, 6.45) is 2.29. The lowest BCUT2D eigenvalue weighted by molar-refractivity contribution is 0.966. The Hall–Kier alpha value is -1.59. The lowest BCUT2D eigenvalue weighted by atomic mass is 10.1. The largest absolute Gasteiger partial charge is 0.325 e. The minimum absolute atomic E-state index is 0.417. The van der Waals surface area contributed by atoms with E-state index in [1.165, 1.54) is 0 Å². The molecule has 0 aliphatic heterocycles. The number of hydrogen-bond acceptors (Lipinski definition) is 2. The zero-order chi connectivity index (χ0) is 13.2. The Kier molecular flexibility index (Phi) is 3.40. The minimum atomic E-state index is 0.417. The Morgan fingerprint density at radius 3 is 2.58 bits per heavy atom. The molecule has 4 N–H and O–H groups in total. The zero-order valence-corrected chi connectivity index (χ0v) is 11.9. The topological polar surface area (TPSA) is 62.4 Å². The average Bonchev–Trinajstić information content (AvgIpc) is 3.25. The van der Waals surface area contributed by atoms with E-state index in [-0.39, 0.29) is 0 Å². The number of rotatable bonds is 2. The van der Waals surface area contributed by atoms with E-state index in [2.05, 4.69) is 43.8 Å². The van der Waals surface area contributed by atoms with Crippen molar-refractivity contribution in [2.75, 3.05) is 5.32 Å². The van der Waals surface area contributed by atoms with E-state index >= 15 is 0 Å². The van der Waals surface area contributed by atoms with Gasteiger partial charge in [-0.25, -0.2) is 10.8 Å². The van der Waals surface area contributed by atoms with Crippen LogP contribution in [0.15, 0.2) is 45.9 Å². The van der Waals surface area contributed by atoms with E-state index in [0.717, 1.165) is 33.8 Å². The minimum Gasteiger partial charge on any atom is -0.325 e. The average molecular weight is 319 g/mol. The predicted molar refractivity (Wildman–Crippen MR) is 83.1 cm³/mol. The van der Waals surface area contributed by atoms with Gasteiger partial charge in [-0.1, -0.05) is 40.2 Å². The molecule has 2 aromatic carbocycles. The van der Waals surface area contributed by atoms with Gasteiger partial charge in [0.05, 0.1) is 6.04 Å². The molecule has 0 radical (unpaired) electrons. The normalized spacial score (nSPS) is 15.6. The molecule has 1 saturated carbocycles. The maximum absolute atomic E-state index is 5.52. The Balaban J connectivity index is 1.98. The summed E-state index contributed by atoms with van der Waals surface area (Å²) in [5.74, 6) is 6.14. The van der Waals surface area contributed by atoms with E-state index < -0.39 is 0 Å². The van der Waals surface area contributed by atoms with Gasteiger partial charge in [0.15, 0.2) is 0 Å². The molecule has 0 bridgehead atoms. The van der Waals surface area contributed by atoms with Crippen molar-refractivity contribution in [2.45, 2.75) is 18.9 Å². The van der Waals surface area contributed by atoms with Gasteiger partial charge >= 0.3 is 0 Å². The van der Waals surface area contributed by atoms with E-state index in [4.69, 9.17) is 5.84 Å². The summed E-state index contributed by atoms with van der Waals surface area (Å²) in [5.41, 5.74) is 3.62. The predicted octanol–water partition coefficient (Wildman–Crippen LogP) is 3.00. The van der Waals surface area contributed by atoms with E-state index in [0.29, 0.717) is 12.0 Å². The number of anilines is 1. The highest BCUT2D eigenvalue weighted by molar-refractivity contribution is 9.10. The molecule has 98 valence electrons. The highest BCUT2D eigenvalue weighted by Gasteiger charge is 2.21. The number of guanidine groups is 1. The molecule has 3 rings (SSSR count). The lowest BCUT2D eigenvalue weighted by Crippen LogP contribution is -2.36. The highest BCUT2D eigenvalue weighted by atomic mass is 79.9. The van der Waals surface area contributed by atoms with Crippen molar-refractivity contribution >= 4 is 38.3 Å². The molecule has 4 nitrogen and oxygen atoms in total. The van der Waals surface area contributed by atoms with Gasteiger partial charge in [0.1, 0.15) is 0 Å². The van der Waals surface area contributed by atoms with Crippen molar-refractivity contribution in [2.24, 2.45) is 10.8 Å². The Labute approximate surface area is 120 Å². The number of benzene rings is 2. The number of halogens is 1. The summed E-state index contributed by atoms with van der Waals surface area (Å²) in [6, 6.07) is 12.7. The van der Waals surface area contributed by atoms with Crippen LogP contribution in [0.5, 0.6) is 0 Å². The van der Waals surface area contributed by atoms with Gasteiger partial charge in [-0.2, -0.15) is 0 Å². The van der Waals surface area contributed by atoms with Gasteiger partial charge in [-0.3, -0.25) is 5.43 Å². The molecule has 1 aliphatic carbocycles. The molecule has 0 amide bonds. The van der Waals surface area contributed by atoms with Gasteiger partial charge in [0, 0.05) is 15.5 Å². The van der Waals surface area contributed by atoms with Crippen molar-refractivity contribution in [3.05, 3.63) is 40.9 Å². The molecule has 1 fully saturated rings. The van der Waals surface area contributed by atoms with Crippen LogP contribution < -0.4 is 16.6 Å². The van der Waals surface area contributed by atoms with Crippen LogP contribution in [-0.4, -0.2) is 12.0 Å². The number of aliphatic imine (C=N–C) groups is 1. The molecular weight excluding hydrogens is 304 g/mol. The van der Waals surface area contributed by atoms with Gasteiger partial charge < -0.3 is 5.32 Å². The van der Waals surface area contributed by atoms with Crippen molar-refractivity contribution in [3.8, 4) is 0 Å². The van der Waals surface area contributed by atoms with Crippen LogP contribution in [0, 0.1) is 0 Å². The Morgan fingerprint density at radius 1 is 1.16 bits per heavy atom. The first kappa shape index (κ1) is 12.4. The molecule has 0 spiro atoms. The summed E-state index contributed by atoms with van der Waals surface area (Å²) in [7, 11) is 0. The third-order valence-corrected chi connectivity index (χ3v) is 3.81. The van der Waals surface area contributed by atoms with Crippen LogP contribution in [0.25, 0.3) is 10.8 Å². The van der Waals surface area contributed by atoms with Crippen LogP contribution in [0.3, 0.4) is 0 Å². The number of hydrazine groups is 1. The van der Waals surface area contributed by atoms with Crippen LogP contribution in [0.2, 0.25) is 0 Å².